The van der Waals surface area contributed by atoms with Gasteiger partial charge in [-0.15, -0.1) is 0 Å². The molecule has 0 unspecified atom stereocenters. The second kappa shape index (κ2) is 31.5. The third-order valence-corrected chi connectivity index (χ3v) is 25.0. The zero-order valence-electron chi connectivity index (χ0n) is 57.6. The van der Waals surface area contributed by atoms with Gasteiger partial charge in [-0.1, -0.05) is 53.2 Å². The number of hydrogen-bond donors (Lipinski definition) is 22. The van der Waals surface area contributed by atoms with Crippen LogP contribution in [0.5, 0.6) is 0 Å². The fraction of sp³-hybridized carbons (Fsp3) is 0.970. The van der Waals surface area contributed by atoms with E-state index in [1.807, 2.05) is 13.8 Å². The summed E-state index contributed by atoms with van der Waals surface area (Å²) in [5.74, 6) is -0.257. The fourth-order valence-corrected chi connectivity index (χ4v) is 18.5. The minimum absolute atomic E-state index is 0.0186. The van der Waals surface area contributed by atoms with Crippen LogP contribution in [0.4, 0.5) is 0 Å². The fourth-order valence-electron chi connectivity index (χ4n) is 18.5. The maximum atomic E-state index is 13.0. The summed E-state index contributed by atoms with van der Waals surface area (Å²) in [7, 11) is 0. The Morgan fingerprint density at radius 1 is 0.460 bits per heavy atom. The van der Waals surface area contributed by atoms with Gasteiger partial charge >= 0.3 is 0 Å². The maximum Gasteiger partial charge on any atom is 0.187 e. The molecular weight excluding hydrogens is 1340 g/mol. The first-order chi connectivity index (χ1) is 46.9. The first kappa shape index (κ1) is 80.9. The van der Waals surface area contributed by atoms with Crippen molar-refractivity contribution in [2.45, 2.75) is 315 Å². The molecule has 0 aromatic carbocycles. The summed E-state index contributed by atoms with van der Waals surface area (Å²) in [6.45, 7) is 11.3. The summed E-state index contributed by atoms with van der Waals surface area (Å²) in [4.78, 5) is 0. The molecule has 3 saturated carbocycles. The van der Waals surface area contributed by atoms with Crippen LogP contribution in [0.15, 0.2) is 11.6 Å². The molecule has 6 aliphatic heterocycles. The molecule has 34 heteroatoms. The summed E-state index contributed by atoms with van der Waals surface area (Å²) in [6.07, 6.45) is -48.6. The molecule has 34 nitrogen and oxygen atoms in total. The van der Waals surface area contributed by atoms with Crippen molar-refractivity contribution in [3.05, 3.63) is 11.6 Å². The van der Waals surface area contributed by atoms with Gasteiger partial charge in [0, 0.05) is 10.8 Å². The van der Waals surface area contributed by atoms with Crippen molar-refractivity contribution in [1.82, 2.24) is 0 Å². The average molecular weight is 1450 g/mol. The molecule has 10 aliphatic rings. The van der Waals surface area contributed by atoms with Crippen molar-refractivity contribution in [2.75, 3.05) is 39.6 Å². The Labute approximate surface area is 579 Å². The highest BCUT2D eigenvalue weighted by molar-refractivity contribution is 5.32. The van der Waals surface area contributed by atoms with E-state index in [0.29, 0.717) is 32.1 Å². The summed E-state index contributed by atoms with van der Waals surface area (Å²) in [6, 6.07) is 0. The zero-order chi connectivity index (χ0) is 73.5. The van der Waals surface area contributed by atoms with E-state index >= 15 is 0 Å². The predicted molar refractivity (Wildman–Crippen MR) is 333 cm³/mol. The van der Waals surface area contributed by atoms with E-state index in [2.05, 4.69) is 33.8 Å². The van der Waals surface area contributed by atoms with Gasteiger partial charge in [-0.2, -0.15) is 0 Å². The minimum atomic E-state index is -1.98. The van der Waals surface area contributed by atoms with E-state index in [1.165, 1.54) is 13.8 Å². The van der Waals surface area contributed by atoms with Gasteiger partial charge < -0.3 is 169 Å². The van der Waals surface area contributed by atoms with Crippen LogP contribution in [-0.2, 0) is 56.8 Å². The highest BCUT2D eigenvalue weighted by Gasteiger charge is 2.71. The topological polar surface area (TPSA) is 556 Å². The number of aliphatic hydroxyl groups excluding tert-OH is 21. The van der Waals surface area contributed by atoms with Crippen molar-refractivity contribution in [2.24, 2.45) is 45.3 Å². The quantitative estimate of drug-likeness (QED) is 0.0423. The van der Waals surface area contributed by atoms with Crippen molar-refractivity contribution in [3.8, 4) is 0 Å². The summed E-state index contributed by atoms with van der Waals surface area (Å²) >= 11 is 0. The molecule has 6 saturated heterocycles. The number of hydrogen-bond acceptors (Lipinski definition) is 34. The Bertz CT molecular complexity index is 2670. The maximum absolute atomic E-state index is 13.0. The van der Waals surface area contributed by atoms with Crippen LogP contribution < -0.4 is 0 Å². The Morgan fingerprint density at radius 3 is 1.36 bits per heavy atom. The van der Waals surface area contributed by atoms with Gasteiger partial charge in [-0.25, -0.2) is 0 Å². The SMILES string of the molecule is C[C@H](CC[C@@H](O[C@@H]1O[C@H](CO[C@@H]2O[C@H](CO)[C@@H](O)[C@H](O)[C@H]2O)[C@@H](O)[C@H](O)[C@H]1O[C@@H]1O[C@H](CO)[C@@H](O)[C@H](O)[C@H]1O)C(C)(C)O)[C@H]1CC[C@@]2(C)[C@@H]3CC=C4[C@@H](CC[C@H](O[C@@H]5O[C@H](CO[C@@H]6O[C@H](CO)[C@@H](O)[C@H](O)[C@H]6O)[C@@H](O[C@@H]6O[C@H](CO)[C@@H](O)[C@H](O)[C@H]6O)[C@H](O)[C@H]5O)C4(C)C)[C@]3(C)[C@H](O)C[C@]12C. The van der Waals surface area contributed by atoms with Crippen molar-refractivity contribution >= 4 is 0 Å². The van der Waals surface area contributed by atoms with Crippen LogP contribution in [0.1, 0.15) is 107 Å². The number of allylic oxidation sites excluding steroid dienone is 1. The third-order valence-electron chi connectivity index (χ3n) is 25.0. The third kappa shape index (κ3) is 14.8. The molecular formula is C66H112O34. The van der Waals surface area contributed by atoms with Gasteiger partial charge in [-0.3, -0.25) is 0 Å². The molecule has 0 radical (unpaired) electrons. The predicted octanol–water partition coefficient (Wildman–Crippen LogP) is -7.58. The van der Waals surface area contributed by atoms with Crippen molar-refractivity contribution in [1.29, 1.82) is 0 Å². The molecule has 100 heavy (non-hydrogen) atoms. The van der Waals surface area contributed by atoms with E-state index in [1.54, 1.807) is 0 Å². The van der Waals surface area contributed by atoms with Gasteiger partial charge in [0.15, 0.2) is 37.7 Å². The van der Waals surface area contributed by atoms with Gasteiger partial charge in [0.05, 0.1) is 63.6 Å². The molecule has 0 bridgehead atoms. The highest BCUT2D eigenvalue weighted by atomic mass is 16.8. The van der Waals surface area contributed by atoms with E-state index in [-0.39, 0.29) is 35.5 Å². The molecule has 0 aromatic rings. The minimum Gasteiger partial charge on any atom is -0.394 e. The molecule has 0 amide bonds. The normalized spacial score (nSPS) is 52.1. The van der Waals surface area contributed by atoms with Crippen LogP contribution in [0, 0.1) is 45.3 Å². The molecule has 10 rings (SSSR count). The lowest BCUT2D eigenvalue weighted by molar-refractivity contribution is -0.380. The lowest BCUT2D eigenvalue weighted by Gasteiger charge is -2.67. The first-order valence-electron chi connectivity index (χ1n) is 35.1. The second-order valence-electron chi connectivity index (χ2n) is 31.5. The van der Waals surface area contributed by atoms with Crippen LogP contribution in [-0.4, -0.2) is 360 Å². The van der Waals surface area contributed by atoms with E-state index in [9.17, 15) is 112 Å². The molecule has 580 valence electrons. The van der Waals surface area contributed by atoms with E-state index in [4.69, 9.17) is 56.8 Å². The molecule has 0 spiro atoms. The van der Waals surface area contributed by atoms with Crippen LogP contribution in [0.25, 0.3) is 0 Å². The molecule has 9 fully saturated rings. The second-order valence-corrected chi connectivity index (χ2v) is 31.5. The zero-order valence-corrected chi connectivity index (χ0v) is 57.6. The van der Waals surface area contributed by atoms with Gasteiger partial charge in [-0.05, 0) is 99.7 Å². The molecule has 4 aliphatic carbocycles. The lowest BCUT2D eigenvalue weighted by Crippen LogP contribution is -2.66. The number of aliphatic hydroxyl groups is 22. The number of ether oxygens (including phenoxy) is 12. The lowest BCUT2D eigenvalue weighted by atomic mass is 9.38. The highest BCUT2D eigenvalue weighted by Crippen LogP contribution is 2.75. The van der Waals surface area contributed by atoms with Gasteiger partial charge in [0.1, 0.15) is 146 Å². The van der Waals surface area contributed by atoms with Gasteiger partial charge in [0.2, 0.25) is 0 Å². The smallest absolute Gasteiger partial charge is 0.187 e. The first-order valence-corrected chi connectivity index (χ1v) is 35.1. The standard InChI is InChI=1S/C66H112O34/c1-24(9-13-37(63(4,5)88)98-61-55(100-60-52(86)46(80)41(75)31(21-70)94-60)47(81)42(76)32(95-61)22-89-56-49(83)43(77)38(72)28(18-67)91-56)25-15-16-64(6)34-12-10-26-27(66(34,8)35(71)17-65(25,64)7)11-14-36(62(26,2)3)97-58-53(87)48(82)54(99-59-51(85)45(79)40(74)30(20-69)93-59)33(96-58)23-90-57-50(84)44(78)39(73)29(19-68)92-57/h10,24-25,27-61,67-88H,9,11-23H2,1-8H3/t24-,25-,27-,28-,29-,30-,31-,32-,33-,34+,35-,36+,37-,38-,39-,40-,41-,42-,43+,44+,45+,46+,47+,48-,49-,50-,51-,52-,53-,54-,55-,56-,57-,58+,59+,60+,61+,64+,65-,66+/m1/s1. The Kier molecular flexibility index (Phi) is 25.5. The summed E-state index contributed by atoms with van der Waals surface area (Å²) in [5.41, 5.74) is -2.90. The monoisotopic (exact) mass is 1450 g/mol. The van der Waals surface area contributed by atoms with Gasteiger partial charge in [0.25, 0.3) is 0 Å². The summed E-state index contributed by atoms with van der Waals surface area (Å²) in [5, 5.41) is 239. The Balaban J connectivity index is 0.837. The molecule has 0 aromatic heterocycles. The van der Waals surface area contributed by atoms with E-state index < -0.39 is 264 Å². The van der Waals surface area contributed by atoms with Crippen LogP contribution in [0.2, 0.25) is 0 Å². The van der Waals surface area contributed by atoms with Crippen LogP contribution >= 0.6 is 0 Å². The Hall–Kier alpha value is -1.62. The van der Waals surface area contributed by atoms with E-state index in [0.717, 1.165) is 18.4 Å². The molecule has 6 heterocycles. The summed E-state index contributed by atoms with van der Waals surface area (Å²) < 4.78 is 71.7. The average Bonchev–Trinajstić information content (AvgIpc) is 1.34. The molecule has 22 N–H and O–H groups in total. The number of fused-ring (bicyclic) bond motifs is 5. The molecule has 40 atom stereocenters. The van der Waals surface area contributed by atoms with Crippen LogP contribution in [0.3, 0.4) is 0 Å². The van der Waals surface area contributed by atoms with Crippen molar-refractivity contribution in [3.63, 3.8) is 0 Å². The Morgan fingerprint density at radius 2 is 0.870 bits per heavy atom. The largest absolute Gasteiger partial charge is 0.394 e. The van der Waals surface area contributed by atoms with Crippen molar-refractivity contribution < 1.29 is 169 Å². The number of rotatable bonds is 23.